The first-order valence-corrected chi connectivity index (χ1v) is 6.82. The minimum atomic E-state index is -0.693. The van der Waals surface area contributed by atoms with Gasteiger partial charge in [0.25, 0.3) is 0 Å². The third kappa shape index (κ3) is 2.18. The molecule has 2 saturated carbocycles. The molecule has 0 radical (unpaired) electrons. The SMILES string of the molecule is COc1cc(F)cc(C2(N=C=O)CCC2)c1OC1CC1. The second kappa shape index (κ2) is 4.91. The highest BCUT2D eigenvalue weighted by molar-refractivity contribution is 5.53. The number of isocyanates is 1. The van der Waals surface area contributed by atoms with Crippen molar-refractivity contribution in [2.24, 2.45) is 4.99 Å². The van der Waals surface area contributed by atoms with Crippen LogP contribution in [0.5, 0.6) is 11.5 Å². The van der Waals surface area contributed by atoms with Crippen molar-refractivity contribution in [3.63, 3.8) is 0 Å². The van der Waals surface area contributed by atoms with Crippen molar-refractivity contribution >= 4 is 6.08 Å². The van der Waals surface area contributed by atoms with Crippen LogP contribution in [0.2, 0.25) is 0 Å². The number of carbonyl (C=O) groups excluding carboxylic acids is 1. The molecule has 1 aromatic rings. The number of hydrogen-bond acceptors (Lipinski definition) is 4. The molecular weight excluding hydrogens is 261 g/mol. The maximum Gasteiger partial charge on any atom is 0.235 e. The Balaban J connectivity index is 2.11. The molecule has 2 aliphatic carbocycles. The van der Waals surface area contributed by atoms with E-state index < -0.39 is 11.4 Å². The molecule has 5 heteroatoms. The van der Waals surface area contributed by atoms with Crippen molar-refractivity contribution in [3.05, 3.63) is 23.5 Å². The second-order valence-electron chi connectivity index (χ2n) is 5.39. The van der Waals surface area contributed by atoms with E-state index in [2.05, 4.69) is 4.99 Å². The van der Waals surface area contributed by atoms with Gasteiger partial charge in [-0.15, -0.1) is 0 Å². The Morgan fingerprint density at radius 2 is 2.15 bits per heavy atom. The van der Waals surface area contributed by atoms with Gasteiger partial charge in [-0.1, -0.05) is 0 Å². The molecule has 20 heavy (non-hydrogen) atoms. The minimum absolute atomic E-state index is 0.158. The average molecular weight is 277 g/mol. The summed E-state index contributed by atoms with van der Waals surface area (Å²) in [6, 6.07) is 2.71. The summed E-state index contributed by atoms with van der Waals surface area (Å²) < 4.78 is 24.9. The van der Waals surface area contributed by atoms with Gasteiger partial charge in [0.15, 0.2) is 11.5 Å². The van der Waals surface area contributed by atoms with E-state index in [1.165, 1.54) is 19.2 Å². The van der Waals surface area contributed by atoms with E-state index >= 15 is 0 Å². The van der Waals surface area contributed by atoms with Crippen LogP contribution in [0.1, 0.15) is 37.7 Å². The van der Waals surface area contributed by atoms with Crippen molar-refractivity contribution in [3.8, 4) is 11.5 Å². The Labute approximate surface area is 116 Å². The van der Waals surface area contributed by atoms with E-state index in [0.717, 1.165) is 19.3 Å². The molecule has 0 aliphatic heterocycles. The number of methoxy groups -OCH3 is 1. The number of ether oxygens (including phenoxy) is 2. The fraction of sp³-hybridized carbons (Fsp3) is 0.533. The van der Waals surface area contributed by atoms with Gasteiger partial charge >= 0.3 is 0 Å². The molecule has 2 aliphatic rings. The lowest BCUT2D eigenvalue weighted by Gasteiger charge is -2.38. The van der Waals surface area contributed by atoms with Crippen molar-refractivity contribution in [2.45, 2.75) is 43.7 Å². The van der Waals surface area contributed by atoms with Crippen LogP contribution in [-0.4, -0.2) is 19.3 Å². The number of aliphatic imine (C=N–C) groups is 1. The van der Waals surface area contributed by atoms with Crippen molar-refractivity contribution < 1.29 is 18.7 Å². The summed E-state index contributed by atoms with van der Waals surface area (Å²) in [6.45, 7) is 0. The van der Waals surface area contributed by atoms with Gasteiger partial charge in [-0.3, -0.25) is 0 Å². The van der Waals surface area contributed by atoms with Gasteiger partial charge in [0.05, 0.1) is 13.2 Å². The van der Waals surface area contributed by atoms with Crippen LogP contribution < -0.4 is 9.47 Å². The van der Waals surface area contributed by atoms with Gasteiger partial charge in [-0.05, 0) is 38.2 Å². The molecule has 3 rings (SSSR count). The van der Waals surface area contributed by atoms with Gasteiger partial charge < -0.3 is 9.47 Å². The Kier molecular flexibility index (Phi) is 3.22. The highest BCUT2D eigenvalue weighted by Gasteiger charge is 2.43. The third-order valence-electron chi connectivity index (χ3n) is 3.99. The Morgan fingerprint density at radius 3 is 2.65 bits per heavy atom. The highest BCUT2D eigenvalue weighted by Crippen LogP contribution is 2.51. The summed E-state index contributed by atoms with van der Waals surface area (Å²) >= 11 is 0. The lowest BCUT2D eigenvalue weighted by Crippen LogP contribution is -2.32. The largest absolute Gasteiger partial charge is 0.493 e. The van der Waals surface area contributed by atoms with E-state index in [1.807, 2.05) is 0 Å². The summed E-state index contributed by atoms with van der Waals surface area (Å²) in [4.78, 5) is 14.6. The molecule has 2 fully saturated rings. The molecule has 0 N–H and O–H groups in total. The van der Waals surface area contributed by atoms with Crippen LogP contribution in [0.25, 0.3) is 0 Å². The van der Waals surface area contributed by atoms with Gasteiger partial charge in [0.1, 0.15) is 11.4 Å². The zero-order chi connectivity index (χ0) is 14.2. The van der Waals surface area contributed by atoms with E-state index in [9.17, 15) is 9.18 Å². The number of halogens is 1. The van der Waals surface area contributed by atoms with Crippen LogP contribution in [0.3, 0.4) is 0 Å². The van der Waals surface area contributed by atoms with Gasteiger partial charge in [0.2, 0.25) is 6.08 Å². The zero-order valence-corrected chi connectivity index (χ0v) is 11.3. The summed E-state index contributed by atoms with van der Waals surface area (Å²) in [6.07, 6.45) is 6.12. The maximum atomic E-state index is 13.8. The molecule has 0 spiro atoms. The number of hydrogen-bond donors (Lipinski definition) is 0. The van der Waals surface area contributed by atoms with Gasteiger partial charge in [-0.25, -0.2) is 9.18 Å². The second-order valence-corrected chi connectivity index (χ2v) is 5.39. The summed E-state index contributed by atoms with van der Waals surface area (Å²) in [5.74, 6) is 0.474. The first kappa shape index (κ1) is 13.1. The number of rotatable bonds is 5. The van der Waals surface area contributed by atoms with Crippen LogP contribution in [-0.2, 0) is 10.3 Å². The van der Waals surface area contributed by atoms with Gasteiger partial charge in [0, 0.05) is 11.6 Å². The number of benzene rings is 1. The Morgan fingerprint density at radius 1 is 1.40 bits per heavy atom. The molecule has 1 aromatic carbocycles. The molecule has 0 heterocycles. The summed E-state index contributed by atoms with van der Waals surface area (Å²) in [7, 11) is 1.48. The topological polar surface area (TPSA) is 47.9 Å². The normalized spacial score (nSPS) is 19.7. The fourth-order valence-corrected chi connectivity index (χ4v) is 2.58. The summed E-state index contributed by atoms with van der Waals surface area (Å²) in [5.41, 5.74) is -0.0858. The monoisotopic (exact) mass is 277 g/mol. The quantitative estimate of drug-likeness (QED) is 0.614. The van der Waals surface area contributed by atoms with Crippen molar-refractivity contribution in [1.29, 1.82) is 0 Å². The predicted molar refractivity (Wildman–Crippen MR) is 70.3 cm³/mol. The lowest BCUT2D eigenvalue weighted by atomic mass is 9.72. The van der Waals surface area contributed by atoms with Gasteiger partial charge in [-0.2, -0.15) is 4.99 Å². The molecular formula is C15H16FNO3. The minimum Gasteiger partial charge on any atom is -0.493 e. The number of nitrogens with zero attached hydrogens (tertiary/aromatic N) is 1. The first-order valence-electron chi connectivity index (χ1n) is 6.82. The maximum absolute atomic E-state index is 13.8. The predicted octanol–water partition coefficient (Wildman–Crippen LogP) is 3.09. The first-order chi connectivity index (χ1) is 9.68. The smallest absolute Gasteiger partial charge is 0.235 e. The lowest BCUT2D eigenvalue weighted by molar-refractivity contribution is 0.225. The zero-order valence-electron chi connectivity index (χ0n) is 11.3. The molecule has 0 bridgehead atoms. The molecule has 0 amide bonds. The molecule has 0 atom stereocenters. The molecule has 4 nitrogen and oxygen atoms in total. The fourth-order valence-electron chi connectivity index (χ4n) is 2.58. The van der Waals surface area contributed by atoms with Crippen LogP contribution in [0.4, 0.5) is 4.39 Å². The van der Waals surface area contributed by atoms with E-state index in [4.69, 9.17) is 9.47 Å². The van der Waals surface area contributed by atoms with Crippen LogP contribution in [0.15, 0.2) is 17.1 Å². The van der Waals surface area contributed by atoms with Crippen LogP contribution >= 0.6 is 0 Å². The Bertz CT molecular complexity index is 573. The Hall–Kier alpha value is -1.87. The van der Waals surface area contributed by atoms with E-state index in [1.54, 1.807) is 6.08 Å². The standard InChI is InChI=1S/C15H16FNO3/c1-19-13-8-10(16)7-12(14(13)20-11-3-4-11)15(17-9-18)5-2-6-15/h7-8,11H,2-6H2,1H3. The van der Waals surface area contributed by atoms with E-state index in [-0.39, 0.29) is 6.10 Å². The van der Waals surface area contributed by atoms with Crippen molar-refractivity contribution in [1.82, 2.24) is 0 Å². The third-order valence-corrected chi connectivity index (χ3v) is 3.99. The average Bonchev–Trinajstić information content (AvgIpc) is 3.19. The molecule has 0 unspecified atom stereocenters. The molecule has 106 valence electrons. The highest BCUT2D eigenvalue weighted by atomic mass is 19.1. The van der Waals surface area contributed by atoms with Crippen LogP contribution in [0, 0.1) is 5.82 Å². The van der Waals surface area contributed by atoms with E-state index in [0.29, 0.717) is 29.9 Å². The van der Waals surface area contributed by atoms with Crippen molar-refractivity contribution in [2.75, 3.05) is 7.11 Å². The molecule has 0 aromatic heterocycles. The summed E-state index contributed by atoms with van der Waals surface area (Å²) in [5, 5.41) is 0. The molecule has 0 saturated heterocycles.